The van der Waals surface area contributed by atoms with Crippen LogP contribution in [-0.4, -0.2) is 36.9 Å². The van der Waals surface area contributed by atoms with Crippen LogP contribution in [0.1, 0.15) is 28.4 Å². The van der Waals surface area contributed by atoms with Crippen molar-refractivity contribution < 1.29 is 14.3 Å². The topological polar surface area (TPSA) is 70.7 Å². The molecule has 0 saturated heterocycles. The number of ether oxygens (including phenoxy) is 1. The molecule has 0 spiro atoms. The van der Waals surface area contributed by atoms with Crippen LogP contribution in [-0.2, 0) is 11.3 Å². The predicted octanol–water partition coefficient (Wildman–Crippen LogP) is 4.72. The van der Waals surface area contributed by atoms with Gasteiger partial charge in [-0.15, -0.1) is 0 Å². The van der Waals surface area contributed by atoms with E-state index in [1.165, 1.54) is 11.1 Å². The molecule has 2 N–H and O–H groups in total. The highest BCUT2D eigenvalue weighted by atomic mass is 16.5. The van der Waals surface area contributed by atoms with Crippen molar-refractivity contribution in [3.8, 4) is 5.75 Å². The maximum atomic E-state index is 12.5. The summed E-state index contributed by atoms with van der Waals surface area (Å²) in [5.41, 5.74) is 4.25. The standard InChI is InChI=1S/C26H29N3O3/c1-4-32-24-15-13-23(14-16-24)28-26(31)20-9-11-22(12-10-20)27-25(30)18-29(3)17-21-8-6-5-7-19(21)2/h5-16H,4,17-18H2,1-3H3,(H,27,30)(H,28,31). The first-order chi connectivity index (χ1) is 15.4. The fourth-order valence-electron chi connectivity index (χ4n) is 3.29. The Morgan fingerprint density at radius 1 is 0.875 bits per heavy atom. The predicted molar refractivity (Wildman–Crippen MR) is 128 cm³/mol. The van der Waals surface area contributed by atoms with Crippen molar-refractivity contribution >= 4 is 23.2 Å². The van der Waals surface area contributed by atoms with Gasteiger partial charge >= 0.3 is 0 Å². The number of rotatable bonds is 9. The van der Waals surface area contributed by atoms with Crippen LogP contribution < -0.4 is 15.4 Å². The van der Waals surface area contributed by atoms with E-state index in [-0.39, 0.29) is 18.4 Å². The highest BCUT2D eigenvalue weighted by Crippen LogP contribution is 2.17. The Morgan fingerprint density at radius 2 is 1.50 bits per heavy atom. The third kappa shape index (κ3) is 6.68. The molecule has 0 aliphatic rings. The van der Waals surface area contributed by atoms with Crippen LogP contribution in [0.25, 0.3) is 0 Å². The van der Waals surface area contributed by atoms with Gasteiger partial charge in [0, 0.05) is 23.5 Å². The molecule has 166 valence electrons. The van der Waals surface area contributed by atoms with Gasteiger partial charge in [0.15, 0.2) is 0 Å². The lowest BCUT2D eigenvalue weighted by molar-refractivity contribution is -0.117. The molecule has 0 aliphatic heterocycles. The summed E-state index contributed by atoms with van der Waals surface area (Å²) in [6.07, 6.45) is 0. The van der Waals surface area contributed by atoms with Crippen molar-refractivity contribution in [2.75, 3.05) is 30.8 Å². The smallest absolute Gasteiger partial charge is 0.255 e. The van der Waals surface area contributed by atoms with Gasteiger partial charge in [0.25, 0.3) is 5.91 Å². The SMILES string of the molecule is CCOc1ccc(NC(=O)c2ccc(NC(=O)CN(C)Cc3ccccc3C)cc2)cc1. The van der Waals surface area contributed by atoms with Gasteiger partial charge < -0.3 is 15.4 Å². The summed E-state index contributed by atoms with van der Waals surface area (Å²) in [4.78, 5) is 26.8. The second-order valence-electron chi connectivity index (χ2n) is 7.64. The zero-order valence-electron chi connectivity index (χ0n) is 18.7. The second-order valence-corrected chi connectivity index (χ2v) is 7.64. The summed E-state index contributed by atoms with van der Waals surface area (Å²) >= 11 is 0. The molecular formula is C26H29N3O3. The lowest BCUT2D eigenvalue weighted by Crippen LogP contribution is -2.30. The molecule has 3 aromatic carbocycles. The molecule has 0 aromatic heterocycles. The zero-order chi connectivity index (χ0) is 22.9. The molecule has 0 saturated carbocycles. The van der Waals surface area contributed by atoms with E-state index in [0.717, 1.165) is 5.75 Å². The van der Waals surface area contributed by atoms with Gasteiger partial charge in [-0.1, -0.05) is 24.3 Å². The Balaban J connectivity index is 1.50. The van der Waals surface area contributed by atoms with Crippen LogP contribution in [0.4, 0.5) is 11.4 Å². The van der Waals surface area contributed by atoms with E-state index in [4.69, 9.17) is 4.74 Å². The van der Waals surface area contributed by atoms with E-state index < -0.39 is 0 Å². The Hall–Kier alpha value is -3.64. The van der Waals surface area contributed by atoms with Crippen LogP contribution in [0.2, 0.25) is 0 Å². The number of carbonyl (C=O) groups is 2. The monoisotopic (exact) mass is 431 g/mol. The molecule has 2 amide bonds. The number of nitrogens with zero attached hydrogens (tertiary/aromatic N) is 1. The van der Waals surface area contributed by atoms with Crippen LogP contribution >= 0.6 is 0 Å². The molecule has 3 rings (SSSR count). The molecule has 0 unspecified atom stereocenters. The van der Waals surface area contributed by atoms with E-state index in [1.54, 1.807) is 36.4 Å². The number of hydrogen-bond acceptors (Lipinski definition) is 4. The molecule has 0 radical (unpaired) electrons. The molecule has 6 heteroatoms. The first kappa shape index (κ1) is 23.0. The molecule has 0 bridgehead atoms. The van der Waals surface area contributed by atoms with Crippen molar-refractivity contribution in [3.63, 3.8) is 0 Å². The minimum Gasteiger partial charge on any atom is -0.494 e. The number of aryl methyl sites for hydroxylation is 1. The highest BCUT2D eigenvalue weighted by Gasteiger charge is 2.10. The number of amides is 2. The normalized spacial score (nSPS) is 10.6. The van der Waals surface area contributed by atoms with Gasteiger partial charge in [-0.25, -0.2) is 0 Å². The van der Waals surface area contributed by atoms with Gasteiger partial charge in [0.05, 0.1) is 13.2 Å². The highest BCUT2D eigenvalue weighted by molar-refractivity contribution is 6.04. The first-order valence-electron chi connectivity index (χ1n) is 10.6. The van der Waals surface area contributed by atoms with Gasteiger partial charge in [-0.05, 0) is 80.6 Å². The fraction of sp³-hybridized carbons (Fsp3) is 0.231. The Labute approximate surface area is 189 Å². The molecule has 3 aromatic rings. The summed E-state index contributed by atoms with van der Waals surface area (Å²) in [5, 5.41) is 5.73. The maximum Gasteiger partial charge on any atom is 0.255 e. The quantitative estimate of drug-likeness (QED) is 0.514. The summed E-state index contributed by atoms with van der Waals surface area (Å²) in [5.74, 6) is 0.438. The number of likely N-dealkylation sites (N-methyl/N-ethyl adjacent to an activating group) is 1. The lowest BCUT2D eigenvalue weighted by Gasteiger charge is -2.17. The molecule has 0 fully saturated rings. The minimum absolute atomic E-state index is 0.104. The largest absolute Gasteiger partial charge is 0.494 e. The summed E-state index contributed by atoms with van der Waals surface area (Å²) in [6.45, 7) is 5.55. The summed E-state index contributed by atoms with van der Waals surface area (Å²) < 4.78 is 5.40. The van der Waals surface area contributed by atoms with E-state index in [9.17, 15) is 9.59 Å². The molecular weight excluding hydrogens is 402 g/mol. The number of anilines is 2. The van der Waals surface area contributed by atoms with E-state index in [0.29, 0.717) is 30.1 Å². The summed E-state index contributed by atoms with van der Waals surface area (Å²) in [6, 6.07) is 22.2. The van der Waals surface area contributed by atoms with Crippen LogP contribution in [0, 0.1) is 6.92 Å². The fourth-order valence-corrected chi connectivity index (χ4v) is 3.29. The van der Waals surface area contributed by atoms with Crippen molar-refractivity contribution in [1.29, 1.82) is 0 Å². The Morgan fingerprint density at radius 3 is 2.16 bits per heavy atom. The minimum atomic E-state index is -0.218. The van der Waals surface area contributed by atoms with Crippen molar-refractivity contribution in [2.24, 2.45) is 0 Å². The van der Waals surface area contributed by atoms with E-state index >= 15 is 0 Å². The zero-order valence-corrected chi connectivity index (χ0v) is 18.7. The van der Waals surface area contributed by atoms with Gasteiger partial charge in [0.1, 0.15) is 5.75 Å². The van der Waals surface area contributed by atoms with Crippen LogP contribution in [0.15, 0.2) is 72.8 Å². The molecule has 0 heterocycles. The third-order valence-corrected chi connectivity index (χ3v) is 4.97. The molecule has 32 heavy (non-hydrogen) atoms. The Bertz CT molecular complexity index is 1050. The van der Waals surface area contributed by atoms with Gasteiger partial charge in [0.2, 0.25) is 5.91 Å². The molecule has 0 atom stereocenters. The van der Waals surface area contributed by atoms with Gasteiger partial charge in [-0.3, -0.25) is 14.5 Å². The third-order valence-electron chi connectivity index (χ3n) is 4.97. The van der Waals surface area contributed by atoms with Gasteiger partial charge in [-0.2, -0.15) is 0 Å². The van der Waals surface area contributed by atoms with Crippen molar-refractivity contribution in [2.45, 2.75) is 20.4 Å². The lowest BCUT2D eigenvalue weighted by atomic mass is 10.1. The molecule has 0 aliphatic carbocycles. The second kappa shape index (κ2) is 11.1. The average Bonchev–Trinajstić information content (AvgIpc) is 2.77. The van der Waals surface area contributed by atoms with E-state index in [2.05, 4.69) is 29.7 Å². The number of benzene rings is 3. The number of nitrogens with one attached hydrogen (secondary N) is 2. The number of carbonyl (C=O) groups excluding carboxylic acids is 2. The van der Waals surface area contributed by atoms with Crippen molar-refractivity contribution in [3.05, 3.63) is 89.5 Å². The average molecular weight is 432 g/mol. The van der Waals surface area contributed by atoms with Crippen LogP contribution in [0.3, 0.4) is 0 Å². The maximum absolute atomic E-state index is 12.5. The van der Waals surface area contributed by atoms with Crippen molar-refractivity contribution in [1.82, 2.24) is 4.90 Å². The summed E-state index contributed by atoms with van der Waals surface area (Å²) in [7, 11) is 1.92. The first-order valence-corrected chi connectivity index (χ1v) is 10.6. The van der Waals surface area contributed by atoms with E-state index in [1.807, 2.05) is 43.1 Å². The Kier molecular flexibility index (Phi) is 8.00. The van der Waals surface area contributed by atoms with Crippen LogP contribution in [0.5, 0.6) is 5.75 Å². The molecule has 6 nitrogen and oxygen atoms in total. The number of hydrogen-bond donors (Lipinski definition) is 2.